The van der Waals surface area contributed by atoms with E-state index in [1.165, 1.54) is 36.1 Å². The third-order valence-corrected chi connectivity index (χ3v) is 4.18. The highest BCUT2D eigenvalue weighted by molar-refractivity contribution is 5.47. The monoisotopic (exact) mass is 287 g/mol. The summed E-state index contributed by atoms with van der Waals surface area (Å²) in [6.07, 6.45) is 4.79. The number of halogens is 2. The fourth-order valence-electron chi connectivity index (χ4n) is 2.95. The molecule has 0 fully saturated rings. The van der Waals surface area contributed by atoms with Gasteiger partial charge in [-0.15, -0.1) is 0 Å². The molecule has 2 aromatic carbocycles. The summed E-state index contributed by atoms with van der Waals surface area (Å²) < 4.78 is 26.6. The molecule has 110 valence electrons. The van der Waals surface area contributed by atoms with Gasteiger partial charge >= 0.3 is 0 Å². The maximum absolute atomic E-state index is 13.7. The van der Waals surface area contributed by atoms with E-state index in [0.717, 1.165) is 24.5 Å². The van der Waals surface area contributed by atoms with Gasteiger partial charge in [-0.1, -0.05) is 18.2 Å². The zero-order chi connectivity index (χ0) is 14.8. The topological polar surface area (TPSA) is 12.0 Å². The van der Waals surface area contributed by atoms with Gasteiger partial charge < -0.3 is 5.32 Å². The fourth-order valence-corrected chi connectivity index (χ4v) is 2.95. The first-order chi connectivity index (χ1) is 10.1. The number of aryl methyl sites for hydroxylation is 2. The van der Waals surface area contributed by atoms with E-state index in [0.29, 0.717) is 5.69 Å². The van der Waals surface area contributed by atoms with Crippen LogP contribution in [0.2, 0.25) is 0 Å². The van der Waals surface area contributed by atoms with Crippen LogP contribution in [0.4, 0.5) is 14.5 Å². The second kappa shape index (κ2) is 5.84. The summed E-state index contributed by atoms with van der Waals surface area (Å²) >= 11 is 0. The minimum absolute atomic E-state index is 0.0165. The first-order valence-electron chi connectivity index (χ1n) is 7.47. The molecule has 2 aromatic rings. The van der Waals surface area contributed by atoms with Gasteiger partial charge in [-0.05, 0) is 61.4 Å². The molecule has 1 N–H and O–H groups in total. The van der Waals surface area contributed by atoms with Crippen LogP contribution in [0.25, 0.3) is 0 Å². The van der Waals surface area contributed by atoms with E-state index in [-0.39, 0.29) is 6.04 Å². The number of hydrogen-bond acceptors (Lipinski definition) is 1. The maximum atomic E-state index is 13.7. The van der Waals surface area contributed by atoms with Gasteiger partial charge in [0, 0.05) is 12.1 Å². The van der Waals surface area contributed by atoms with Gasteiger partial charge in [-0.25, -0.2) is 8.78 Å². The van der Waals surface area contributed by atoms with Crippen LogP contribution >= 0.6 is 0 Å². The van der Waals surface area contributed by atoms with E-state index in [2.05, 4.69) is 23.5 Å². The molecule has 1 atom stereocenters. The number of fused-ring (bicyclic) bond motifs is 1. The molecule has 1 aliphatic rings. The largest absolute Gasteiger partial charge is 0.376 e. The molecule has 0 saturated heterocycles. The Balaban J connectivity index is 1.80. The molecule has 1 nitrogen and oxygen atoms in total. The summed E-state index contributed by atoms with van der Waals surface area (Å²) in [6.45, 7) is 1.99. The van der Waals surface area contributed by atoms with Gasteiger partial charge in [0.2, 0.25) is 0 Å². The van der Waals surface area contributed by atoms with Gasteiger partial charge in [-0.2, -0.15) is 0 Å². The van der Waals surface area contributed by atoms with Gasteiger partial charge in [0.15, 0.2) is 0 Å². The van der Waals surface area contributed by atoms with Gasteiger partial charge in [-0.3, -0.25) is 0 Å². The Morgan fingerprint density at radius 1 is 0.952 bits per heavy atom. The predicted molar refractivity (Wildman–Crippen MR) is 81.5 cm³/mol. The summed E-state index contributed by atoms with van der Waals surface area (Å²) in [5.41, 5.74) is 4.32. The molecule has 0 heterocycles. The standard InChI is InChI=1S/C18H19F2N/c1-12(21-18-9-8-16(19)11-17(18)20)14-7-6-13-4-2-3-5-15(13)10-14/h6-12,21H,2-5H2,1H3. The van der Waals surface area contributed by atoms with E-state index < -0.39 is 11.6 Å². The first kappa shape index (κ1) is 14.1. The highest BCUT2D eigenvalue weighted by atomic mass is 19.1. The van der Waals surface area contributed by atoms with Crippen molar-refractivity contribution in [1.82, 2.24) is 0 Å². The molecule has 0 aliphatic heterocycles. The number of hydrogen-bond donors (Lipinski definition) is 1. The Morgan fingerprint density at radius 2 is 1.71 bits per heavy atom. The van der Waals surface area contributed by atoms with Crippen LogP contribution in [-0.2, 0) is 12.8 Å². The lowest BCUT2D eigenvalue weighted by Crippen LogP contribution is -2.10. The summed E-state index contributed by atoms with van der Waals surface area (Å²) in [5, 5.41) is 3.12. The van der Waals surface area contributed by atoms with Crippen LogP contribution in [0, 0.1) is 11.6 Å². The van der Waals surface area contributed by atoms with Crippen molar-refractivity contribution in [2.75, 3.05) is 5.32 Å². The average molecular weight is 287 g/mol. The molecule has 3 heteroatoms. The summed E-state index contributed by atoms with van der Waals surface area (Å²) in [4.78, 5) is 0. The molecule has 0 bridgehead atoms. The lowest BCUT2D eigenvalue weighted by atomic mass is 9.89. The van der Waals surface area contributed by atoms with Crippen LogP contribution in [-0.4, -0.2) is 0 Å². The molecule has 0 aromatic heterocycles. The molecule has 0 saturated carbocycles. The highest BCUT2D eigenvalue weighted by Crippen LogP contribution is 2.27. The zero-order valence-corrected chi connectivity index (χ0v) is 12.1. The Bertz CT molecular complexity index is 652. The third-order valence-electron chi connectivity index (χ3n) is 4.18. The smallest absolute Gasteiger partial charge is 0.149 e. The number of anilines is 1. The molecule has 0 amide bonds. The first-order valence-corrected chi connectivity index (χ1v) is 7.47. The van der Waals surface area contributed by atoms with Crippen molar-refractivity contribution >= 4 is 5.69 Å². The lowest BCUT2D eigenvalue weighted by Gasteiger charge is -2.21. The number of nitrogens with one attached hydrogen (secondary N) is 1. The quantitative estimate of drug-likeness (QED) is 0.836. The summed E-state index contributed by atoms with van der Waals surface area (Å²) in [6, 6.07) is 10.1. The van der Waals surface area contributed by atoms with Crippen molar-refractivity contribution in [3.8, 4) is 0 Å². The van der Waals surface area contributed by atoms with Crippen LogP contribution in [0.3, 0.4) is 0 Å². The minimum Gasteiger partial charge on any atom is -0.376 e. The van der Waals surface area contributed by atoms with Gasteiger partial charge in [0.25, 0.3) is 0 Å². The van der Waals surface area contributed by atoms with Gasteiger partial charge in [0.1, 0.15) is 11.6 Å². The van der Waals surface area contributed by atoms with E-state index in [1.54, 1.807) is 0 Å². The van der Waals surface area contributed by atoms with Crippen LogP contribution in [0.15, 0.2) is 36.4 Å². The van der Waals surface area contributed by atoms with Crippen molar-refractivity contribution in [2.45, 2.75) is 38.6 Å². The molecule has 1 unspecified atom stereocenters. The normalized spacial score (nSPS) is 15.4. The maximum Gasteiger partial charge on any atom is 0.149 e. The lowest BCUT2D eigenvalue weighted by molar-refractivity contribution is 0.583. The van der Waals surface area contributed by atoms with Crippen LogP contribution in [0.5, 0.6) is 0 Å². The summed E-state index contributed by atoms with van der Waals surface area (Å²) in [5.74, 6) is -1.11. The SMILES string of the molecule is CC(Nc1ccc(F)cc1F)c1ccc2c(c1)CCCC2. The Kier molecular flexibility index (Phi) is 3.91. The third kappa shape index (κ3) is 3.07. The molecule has 0 spiro atoms. The van der Waals surface area contributed by atoms with Crippen molar-refractivity contribution < 1.29 is 8.78 Å². The highest BCUT2D eigenvalue weighted by Gasteiger charge is 2.13. The summed E-state index contributed by atoms with van der Waals surface area (Å²) in [7, 11) is 0. The van der Waals surface area contributed by atoms with E-state index in [1.807, 2.05) is 6.92 Å². The van der Waals surface area contributed by atoms with E-state index in [9.17, 15) is 8.78 Å². The molecule has 21 heavy (non-hydrogen) atoms. The van der Waals surface area contributed by atoms with Crippen molar-refractivity contribution in [3.05, 3.63) is 64.7 Å². The molecule has 1 aliphatic carbocycles. The van der Waals surface area contributed by atoms with Crippen molar-refractivity contribution in [3.63, 3.8) is 0 Å². The van der Waals surface area contributed by atoms with Crippen LogP contribution < -0.4 is 5.32 Å². The Labute approximate surface area is 124 Å². The zero-order valence-electron chi connectivity index (χ0n) is 12.1. The minimum atomic E-state index is -0.556. The predicted octanol–water partition coefficient (Wildman–Crippen LogP) is 5.02. The Hall–Kier alpha value is -1.90. The van der Waals surface area contributed by atoms with Crippen molar-refractivity contribution in [1.29, 1.82) is 0 Å². The average Bonchev–Trinajstić information content (AvgIpc) is 2.49. The number of rotatable bonds is 3. The second-order valence-corrected chi connectivity index (χ2v) is 5.73. The molecule has 0 radical (unpaired) electrons. The molecular weight excluding hydrogens is 268 g/mol. The fraction of sp³-hybridized carbons (Fsp3) is 0.333. The van der Waals surface area contributed by atoms with E-state index >= 15 is 0 Å². The van der Waals surface area contributed by atoms with Gasteiger partial charge in [0.05, 0.1) is 5.69 Å². The second-order valence-electron chi connectivity index (χ2n) is 5.73. The number of benzene rings is 2. The molecular formula is C18H19F2N. The van der Waals surface area contributed by atoms with Crippen LogP contribution in [0.1, 0.15) is 42.5 Å². The molecule has 3 rings (SSSR count). The van der Waals surface area contributed by atoms with Crippen molar-refractivity contribution in [2.24, 2.45) is 0 Å². The Morgan fingerprint density at radius 3 is 2.48 bits per heavy atom. The van der Waals surface area contributed by atoms with E-state index in [4.69, 9.17) is 0 Å².